The topological polar surface area (TPSA) is 94.3 Å². The summed E-state index contributed by atoms with van der Waals surface area (Å²) in [6.45, 7) is 2.07. The van der Waals surface area contributed by atoms with Crippen LogP contribution in [0.2, 0.25) is 0 Å². The molecule has 1 atom stereocenters. The van der Waals surface area contributed by atoms with Crippen molar-refractivity contribution in [2.24, 2.45) is 0 Å². The van der Waals surface area contributed by atoms with Gasteiger partial charge in [-0.25, -0.2) is 0 Å². The number of nitrogens with zero attached hydrogens (tertiary/aromatic N) is 3. The Morgan fingerprint density at radius 2 is 2.24 bits per heavy atom. The first-order valence-electron chi connectivity index (χ1n) is 5.87. The van der Waals surface area contributed by atoms with E-state index in [4.69, 9.17) is 11.5 Å². The molecule has 0 aromatic carbocycles. The lowest BCUT2D eigenvalue weighted by molar-refractivity contribution is 0.462. The highest BCUT2D eigenvalue weighted by Crippen LogP contribution is 2.27. The van der Waals surface area contributed by atoms with Crippen molar-refractivity contribution in [1.29, 1.82) is 0 Å². The van der Waals surface area contributed by atoms with Crippen LogP contribution in [0.5, 0.6) is 0 Å². The highest BCUT2D eigenvalue weighted by atomic mass is 15.3. The fourth-order valence-corrected chi connectivity index (χ4v) is 2.45. The maximum atomic E-state index is 5.86. The maximum absolute atomic E-state index is 5.86. The van der Waals surface area contributed by atoms with Crippen LogP contribution in [0, 0.1) is 0 Å². The smallest absolute Gasteiger partial charge is 0.240 e. The molecule has 3 rings (SSSR count). The molecule has 2 aromatic heterocycles. The van der Waals surface area contributed by atoms with E-state index in [2.05, 4.69) is 15.4 Å². The van der Waals surface area contributed by atoms with Gasteiger partial charge < -0.3 is 16.8 Å². The maximum Gasteiger partial charge on any atom is 0.240 e. The number of nitrogens with two attached hydrogens (primary N) is 2. The average Bonchev–Trinajstić information content (AvgIpc) is 2.73. The van der Waals surface area contributed by atoms with E-state index in [1.165, 1.54) is 18.4 Å². The van der Waals surface area contributed by atoms with Crippen LogP contribution in [0.25, 0.3) is 5.65 Å². The number of anilines is 2. The van der Waals surface area contributed by atoms with Crippen molar-refractivity contribution in [3.63, 3.8) is 0 Å². The van der Waals surface area contributed by atoms with Gasteiger partial charge in [-0.15, -0.1) is 5.10 Å². The lowest BCUT2D eigenvalue weighted by atomic mass is 9.92. The van der Waals surface area contributed by atoms with E-state index in [0.717, 1.165) is 18.7 Å². The van der Waals surface area contributed by atoms with Gasteiger partial charge in [-0.3, -0.25) is 0 Å². The number of hydrogen-bond acceptors (Lipinski definition) is 5. The predicted molar refractivity (Wildman–Crippen MR) is 66.7 cm³/mol. The number of rotatable bonds is 1. The van der Waals surface area contributed by atoms with E-state index >= 15 is 0 Å². The molecular weight excluding hydrogens is 216 g/mol. The van der Waals surface area contributed by atoms with Crippen LogP contribution in [-0.2, 0) is 0 Å². The van der Waals surface area contributed by atoms with Crippen molar-refractivity contribution in [2.45, 2.75) is 18.8 Å². The summed E-state index contributed by atoms with van der Waals surface area (Å²) in [6.07, 6.45) is 2.35. The first-order chi connectivity index (χ1) is 8.25. The first-order valence-corrected chi connectivity index (χ1v) is 5.87. The number of aromatic nitrogens is 3. The Labute approximate surface area is 99.0 Å². The van der Waals surface area contributed by atoms with Crippen LogP contribution < -0.4 is 16.8 Å². The number of piperidine rings is 1. The Kier molecular flexibility index (Phi) is 2.36. The summed E-state index contributed by atoms with van der Waals surface area (Å²) < 4.78 is 1.62. The van der Waals surface area contributed by atoms with Crippen molar-refractivity contribution in [3.8, 4) is 0 Å². The standard InChI is InChI=1S/C11H16N6/c12-9-4-3-8(7-2-1-5-14-6-7)10-15-11(13)16-17(9)10/h3-4,7,14H,1-2,5-6,12H2,(H2,13,16). The quantitative estimate of drug-likeness (QED) is 0.660. The largest absolute Gasteiger partial charge is 0.384 e. The van der Waals surface area contributed by atoms with Gasteiger partial charge in [0.15, 0.2) is 5.65 Å². The number of nitrogen functional groups attached to an aromatic ring is 2. The Balaban J connectivity index is 2.12. The molecule has 5 N–H and O–H groups in total. The van der Waals surface area contributed by atoms with Gasteiger partial charge in [0.25, 0.3) is 0 Å². The second-order valence-corrected chi connectivity index (χ2v) is 4.46. The fourth-order valence-electron chi connectivity index (χ4n) is 2.45. The van der Waals surface area contributed by atoms with Gasteiger partial charge in [0, 0.05) is 18.0 Å². The third-order valence-electron chi connectivity index (χ3n) is 3.30. The Morgan fingerprint density at radius 3 is 3.00 bits per heavy atom. The second-order valence-electron chi connectivity index (χ2n) is 4.46. The summed E-state index contributed by atoms with van der Waals surface area (Å²) >= 11 is 0. The molecule has 0 spiro atoms. The minimum absolute atomic E-state index is 0.271. The summed E-state index contributed by atoms with van der Waals surface area (Å²) in [7, 11) is 0. The summed E-state index contributed by atoms with van der Waals surface area (Å²) in [5, 5.41) is 7.51. The van der Waals surface area contributed by atoms with Gasteiger partial charge in [0.1, 0.15) is 5.82 Å². The molecule has 1 aliphatic heterocycles. The lowest BCUT2D eigenvalue weighted by Gasteiger charge is -2.23. The molecule has 0 radical (unpaired) electrons. The average molecular weight is 232 g/mol. The zero-order chi connectivity index (χ0) is 11.8. The third kappa shape index (κ3) is 1.70. The molecule has 2 aromatic rings. The van der Waals surface area contributed by atoms with Gasteiger partial charge in [-0.1, -0.05) is 6.07 Å². The number of pyridine rings is 1. The first kappa shape index (κ1) is 10.3. The van der Waals surface area contributed by atoms with Crippen molar-refractivity contribution < 1.29 is 0 Å². The molecule has 0 saturated carbocycles. The van der Waals surface area contributed by atoms with Crippen LogP contribution >= 0.6 is 0 Å². The van der Waals surface area contributed by atoms with Gasteiger partial charge in [-0.2, -0.15) is 9.50 Å². The van der Waals surface area contributed by atoms with Crippen LogP contribution in [-0.4, -0.2) is 27.7 Å². The highest BCUT2D eigenvalue weighted by molar-refractivity contribution is 5.57. The fraction of sp³-hybridized carbons (Fsp3) is 0.455. The van der Waals surface area contributed by atoms with Crippen LogP contribution in [0.15, 0.2) is 12.1 Å². The van der Waals surface area contributed by atoms with E-state index < -0.39 is 0 Å². The van der Waals surface area contributed by atoms with Crippen molar-refractivity contribution >= 4 is 17.4 Å². The van der Waals surface area contributed by atoms with E-state index in [0.29, 0.717) is 11.7 Å². The van der Waals surface area contributed by atoms with Gasteiger partial charge in [-0.05, 0) is 25.5 Å². The number of nitrogens with one attached hydrogen (secondary N) is 1. The number of fused-ring (bicyclic) bond motifs is 1. The molecule has 0 amide bonds. The summed E-state index contributed by atoms with van der Waals surface area (Å²) in [6, 6.07) is 3.90. The SMILES string of the molecule is Nc1nc2c(C3CCCNC3)ccc(N)n2n1. The van der Waals surface area contributed by atoms with Crippen LogP contribution in [0.4, 0.5) is 11.8 Å². The molecule has 3 heterocycles. The Morgan fingerprint density at radius 1 is 1.35 bits per heavy atom. The lowest BCUT2D eigenvalue weighted by Crippen LogP contribution is -2.28. The monoisotopic (exact) mass is 232 g/mol. The molecule has 0 aliphatic carbocycles. The predicted octanol–water partition coefficient (Wildman–Crippen LogP) is 0.361. The van der Waals surface area contributed by atoms with Gasteiger partial charge in [0.05, 0.1) is 0 Å². The highest BCUT2D eigenvalue weighted by Gasteiger charge is 2.20. The zero-order valence-electron chi connectivity index (χ0n) is 9.56. The zero-order valence-corrected chi connectivity index (χ0v) is 9.56. The molecule has 1 saturated heterocycles. The third-order valence-corrected chi connectivity index (χ3v) is 3.30. The summed E-state index contributed by atoms with van der Waals surface area (Å²) in [5.74, 6) is 1.31. The normalized spacial score (nSPS) is 20.8. The Hall–Kier alpha value is -1.82. The molecule has 90 valence electrons. The second kappa shape index (κ2) is 3.89. The Bertz CT molecular complexity index is 540. The van der Waals surface area contributed by atoms with Crippen molar-refractivity contribution in [1.82, 2.24) is 19.9 Å². The van der Waals surface area contributed by atoms with Gasteiger partial charge in [0.2, 0.25) is 5.95 Å². The molecule has 1 fully saturated rings. The molecule has 0 bridgehead atoms. The summed E-state index contributed by atoms with van der Waals surface area (Å²) in [4.78, 5) is 4.27. The summed E-state index contributed by atoms with van der Waals surface area (Å²) in [5.41, 5.74) is 13.5. The minimum Gasteiger partial charge on any atom is -0.384 e. The molecule has 1 aliphatic rings. The van der Waals surface area contributed by atoms with Crippen molar-refractivity contribution in [2.75, 3.05) is 24.6 Å². The van der Waals surface area contributed by atoms with Crippen LogP contribution in [0.3, 0.4) is 0 Å². The molecule has 1 unspecified atom stereocenters. The van der Waals surface area contributed by atoms with Crippen molar-refractivity contribution in [3.05, 3.63) is 17.7 Å². The number of hydrogen-bond donors (Lipinski definition) is 3. The van der Waals surface area contributed by atoms with E-state index in [-0.39, 0.29) is 5.95 Å². The molecular formula is C11H16N6. The molecule has 6 nitrogen and oxygen atoms in total. The van der Waals surface area contributed by atoms with Crippen LogP contribution in [0.1, 0.15) is 24.3 Å². The minimum atomic E-state index is 0.271. The van der Waals surface area contributed by atoms with Gasteiger partial charge >= 0.3 is 0 Å². The van der Waals surface area contributed by atoms with E-state index in [9.17, 15) is 0 Å². The van der Waals surface area contributed by atoms with E-state index in [1.807, 2.05) is 12.1 Å². The molecule has 6 heteroatoms. The molecule has 17 heavy (non-hydrogen) atoms. The van der Waals surface area contributed by atoms with E-state index in [1.54, 1.807) is 4.52 Å².